The first-order valence-corrected chi connectivity index (χ1v) is 20.6. The van der Waals surface area contributed by atoms with Crippen LogP contribution in [0.15, 0.2) is 47.2 Å². The Bertz CT molecular complexity index is 1480. The first-order chi connectivity index (χ1) is 24.2. The van der Waals surface area contributed by atoms with E-state index in [4.69, 9.17) is 37.7 Å². The number of benzene rings is 2. The van der Waals surface area contributed by atoms with E-state index in [1.807, 2.05) is 54.0 Å². The topological polar surface area (TPSA) is 65.4 Å². The van der Waals surface area contributed by atoms with Crippen LogP contribution in [0.25, 0.3) is 0 Å². The van der Waals surface area contributed by atoms with Gasteiger partial charge in [-0.05, 0) is 108 Å². The first-order valence-electron chi connectivity index (χ1n) is 19.0. The molecule has 0 radical (unpaired) electrons. The molecule has 1 heterocycles. The highest BCUT2D eigenvalue weighted by molar-refractivity contribution is 9.10. The Morgan fingerprint density at radius 3 is 2.02 bits per heavy atom. The monoisotopic (exact) mass is 805 g/mol. The minimum absolute atomic E-state index is 0.128. The van der Waals surface area contributed by atoms with Crippen LogP contribution in [0.1, 0.15) is 146 Å². The molecule has 9 heteroatoms. The summed E-state index contributed by atoms with van der Waals surface area (Å²) in [6.07, 6.45) is 9.99. The normalized spacial score (nSPS) is 13.3. The average Bonchev–Trinajstić information content (AvgIpc) is 3.42. The predicted molar refractivity (Wildman–Crippen MR) is 218 cm³/mol. The number of aryl methyl sites for hydroxylation is 1. The van der Waals surface area contributed by atoms with Crippen molar-refractivity contribution in [2.75, 3.05) is 25.1 Å². The van der Waals surface area contributed by atoms with Crippen molar-refractivity contribution in [1.82, 2.24) is 9.55 Å². The van der Waals surface area contributed by atoms with E-state index in [9.17, 15) is 4.79 Å². The van der Waals surface area contributed by atoms with E-state index < -0.39 is 12.0 Å². The second-order valence-electron chi connectivity index (χ2n) is 15.0. The van der Waals surface area contributed by atoms with Gasteiger partial charge in [0.2, 0.25) is 0 Å². The van der Waals surface area contributed by atoms with E-state index >= 15 is 0 Å². The number of carbonyl (C=O) groups is 1. The molecule has 0 spiro atoms. The third-order valence-electron chi connectivity index (χ3n) is 10.8. The van der Waals surface area contributed by atoms with E-state index in [1.54, 1.807) is 6.92 Å². The van der Waals surface area contributed by atoms with Gasteiger partial charge in [0.15, 0.2) is 10.4 Å². The molecule has 0 aliphatic heterocycles. The van der Waals surface area contributed by atoms with E-state index in [-0.39, 0.29) is 18.3 Å². The van der Waals surface area contributed by atoms with Crippen molar-refractivity contribution in [2.24, 2.45) is 23.2 Å². The zero-order chi connectivity index (χ0) is 37.7. The van der Waals surface area contributed by atoms with Gasteiger partial charge < -0.3 is 19.4 Å². The zero-order valence-corrected chi connectivity index (χ0v) is 35.6. The molecule has 1 N–H and O–H groups in total. The molecular weight excluding hydrogens is 745 g/mol. The van der Waals surface area contributed by atoms with Gasteiger partial charge in [-0.15, -0.1) is 0 Å². The van der Waals surface area contributed by atoms with Crippen LogP contribution >= 0.6 is 39.1 Å². The molecule has 3 rings (SSSR count). The highest BCUT2D eigenvalue weighted by Gasteiger charge is 2.39. The number of aromatic nitrogens is 2. The third kappa shape index (κ3) is 11.7. The van der Waals surface area contributed by atoms with Crippen molar-refractivity contribution < 1.29 is 14.3 Å². The van der Waals surface area contributed by atoms with Gasteiger partial charge in [-0.1, -0.05) is 121 Å². The standard InChI is InChI=1S/C42H62BrCl2N3O3/c1-10-51-40(49)38-39(37(33-19-22-34(44)23-20-33)46-36-26-35(45)21-18-31(36)8)48(41(43)47-38)32(9)27-50-25-17-15-13-11-12-14-16-24-42(28(2)3,29(4)5)30(6)7/h18-23,26,28-30,32,37,46H,10-17,24-25,27H2,1-9H3/t32-,37?/m1/s1. The fraction of sp³-hybridized carbons (Fsp3) is 0.619. The molecule has 0 fully saturated rings. The number of anilines is 1. The molecule has 2 aromatic carbocycles. The summed E-state index contributed by atoms with van der Waals surface area (Å²) in [5, 5.41) is 4.90. The second kappa shape index (κ2) is 21.0. The molecule has 0 saturated carbocycles. The number of ether oxygens (including phenoxy) is 2. The number of halogens is 3. The summed E-state index contributed by atoms with van der Waals surface area (Å²) in [7, 11) is 0. The molecular formula is C42H62BrCl2N3O3. The molecule has 0 bridgehead atoms. The van der Waals surface area contributed by atoms with Crippen LogP contribution in [0, 0.1) is 30.1 Å². The molecule has 0 saturated heterocycles. The molecule has 0 amide bonds. The maximum atomic E-state index is 13.4. The van der Waals surface area contributed by atoms with Gasteiger partial charge in [-0.25, -0.2) is 9.78 Å². The van der Waals surface area contributed by atoms with Crippen LogP contribution in [0.2, 0.25) is 10.0 Å². The minimum Gasteiger partial charge on any atom is -0.461 e. The summed E-state index contributed by atoms with van der Waals surface area (Å²) in [4.78, 5) is 18.1. The van der Waals surface area contributed by atoms with Crippen molar-refractivity contribution in [2.45, 2.75) is 126 Å². The molecule has 1 aromatic heterocycles. The fourth-order valence-electron chi connectivity index (χ4n) is 8.05. The Labute approximate surface area is 326 Å². The summed E-state index contributed by atoms with van der Waals surface area (Å²) in [6.45, 7) is 21.8. The largest absolute Gasteiger partial charge is 0.461 e. The summed E-state index contributed by atoms with van der Waals surface area (Å²) < 4.78 is 14.3. The molecule has 1 unspecified atom stereocenters. The Balaban J connectivity index is 1.65. The quantitative estimate of drug-likeness (QED) is 0.0809. The van der Waals surface area contributed by atoms with Crippen LogP contribution < -0.4 is 5.32 Å². The van der Waals surface area contributed by atoms with Crippen molar-refractivity contribution in [3.05, 3.63) is 79.8 Å². The van der Waals surface area contributed by atoms with Crippen molar-refractivity contribution in [3.63, 3.8) is 0 Å². The highest BCUT2D eigenvalue weighted by atomic mass is 79.9. The maximum absolute atomic E-state index is 13.4. The molecule has 6 nitrogen and oxygen atoms in total. The van der Waals surface area contributed by atoms with Crippen LogP contribution in [-0.2, 0) is 9.47 Å². The van der Waals surface area contributed by atoms with Gasteiger partial charge in [-0.3, -0.25) is 0 Å². The first kappa shape index (κ1) is 43.3. The van der Waals surface area contributed by atoms with Crippen molar-refractivity contribution in [3.8, 4) is 0 Å². The summed E-state index contributed by atoms with van der Waals surface area (Å²) >= 11 is 16.4. The van der Waals surface area contributed by atoms with Gasteiger partial charge in [0.25, 0.3) is 0 Å². The molecule has 51 heavy (non-hydrogen) atoms. The van der Waals surface area contributed by atoms with Crippen LogP contribution in [0.3, 0.4) is 0 Å². The summed E-state index contributed by atoms with van der Waals surface area (Å²) in [5.74, 6) is 1.64. The fourth-order valence-corrected chi connectivity index (χ4v) is 9.06. The van der Waals surface area contributed by atoms with Gasteiger partial charge in [0, 0.05) is 22.3 Å². The number of nitrogens with one attached hydrogen (secondary N) is 1. The second-order valence-corrected chi connectivity index (χ2v) is 16.6. The lowest BCUT2D eigenvalue weighted by Gasteiger charge is -2.45. The smallest absolute Gasteiger partial charge is 0.358 e. The van der Waals surface area contributed by atoms with Crippen molar-refractivity contribution in [1.29, 1.82) is 0 Å². The number of rotatable bonds is 22. The molecule has 2 atom stereocenters. The van der Waals surface area contributed by atoms with Crippen LogP contribution in [0.4, 0.5) is 5.69 Å². The van der Waals surface area contributed by atoms with E-state index in [0.29, 0.717) is 56.9 Å². The number of nitrogens with zero attached hydrogens (tertiary/aromatic N) is 2. The minimum atomic E-state index is -0.484. The molecule has 3 aromatic rings. The summed E-state index contributed by atoms with van der Waals surface area (Å²) in [6, 6.07) is 12.7. The number of hydrogen-bond acceptors (Lipinski definition) is 5. The lowest BCUT2D eigenvalue weighted by Crippen LogP contribution is -2.38. The molecule has 284 valence electrons. The van der Waals surface area contributed by atoms with Gasteiger partial charge >= 0.3 is 5.97 Å². The van der Waals surface area contributed by atoms with E-state index in [1.165, 1.54) is 38.5 Å². The number of hydrogen-bond donors (Lipinski definition) is 1. The Kier molecular flexibility index (Phi) is 17.8. The van der Waals surface area contributed by atoms with Crippen LogP contribution in [0.5, 0.6) is 0 Å². The third-order valence-corrected chi connectivity index (χ3v) is 11.8. The predicted octanol–water partition coefficient (Wildman–Crippen LogP) is 13.3. The van der Waals surface area contributed by atoms with E-state index in [0.717, 1.165) is 29.7 Å². The lowest BCUT2D eigenvalue weighted by molar-refractivity contribution is 0.0356. The molecule has 0 aliphatic rings. The van der Waals surface area contributed by atoms with Gasteiger partial charge in [0.1, 0.15) is 0 Å². The average molecular weight is 808 g/mol. The van der Waals surface area contributed by atoms with Gasteiger partial charge in [0.05, 0.1) is 31.0 Å². The zero-order valence-electron chi connectivity index (χ0n) is 32.5. The number of carbonyl (C=O) groups excluding carboxylic acids is 1. The maximum Gasteiger partial charge on any atom is 0.358 e. The summed E-state index contributed by atoms with van der Waals surface area (Å²) in [5.41, 5.74) is 4.12. The Morgan fingerprint density at radius 2 is 1.43 bits per heavy atom. The van der Waals surface area contributed by atoms with Gasteiger partial charge in [-0.2, -0.15) is 0 Å². The van der Waals surface area contributed by atoms with Crippen molar-refractivity contribution >= 4 is 50.8 Å². The number of imidazole rings is 1. The molecule has 0 aliphatic carbocycles. The Hall–Kier alpha value is -2.06. The number of unbranched alkanes of at least 4 members (excludes halogenated alkanes) is 6. The Morgan fingerprint density at radius 1 is 0.863 bits per heavy atom. The number of esters is 1. The van der Waals surface area contributed by atoms with E-state index in [2.05, 4.69) is 69.7 Å². The lowest BCUT2D eigenvalue weighted by atomic mass is 9.60. The SMILES string of the molecule is CCOC(=O)c1nc(Br)n([C@H](C)COCCCCCCCCCC(C(C)C)(C(C)C)C(C)C)c1C(Nc1cc(Cl)ccc1C)c1ccc(Cl)cc1. The van der Waals surface area contributed by atoms with Crippen LogP contribution in [-0.4, -0.2) is 35.3 Å². The highest BCUT2D eigenvalue weighted by Crippen LogP contribution is 2.47.